The lowest BCUT2D eigenvalue weighted by molar-refractivity contribution is 0.102. The maximum absolute atomic E-state index is 13.0. The van der Waals surface area contributed by atoms with Crippen molar-refractivity contribution in [3.8, 4) is 5.75 Å². The van der Waals surface area contributed by atoms with Crippen molar-refractivity contribution in [1.29, 1.82) is 0 Å². The van der Waals surface area contributed by atoms with Crippen LogP contribution in [-0.2, 0) is 17.5 Å². The highest BCUT2D eigenvalue weighted by molar-refractivity contribution is 7.46. The van der Waals surface area contributed by atoms with Crippen LogP contribution < -0.4 is 15.2 Å². The van der Waals surface area contributed by atoms with Gasteiger partial charge in [0, 0.05) is 41.9 Å². The van der Waals surface area contributed by atoms with Crippen molar-refractivity contribution >= 4 is 25.1 Å². The summed E-state index contributed by atoms with van der Waals surface area (Å²) in [5.74, 6) is 0.272. The third-order valence-electron chi connectivity index (χ3n) is 6.12. The van der Waals surface area contributed by atoms with Gasteiger partial charge in [-0.1, -0.05) is 44.2 Å². The summed E-state index contributed by atoms with van der Waals surface area (Å²) in [7, 11) is -4.68. The standard InChI is InChI=1S/C26H30N3O5P/c30-26(29-23-9-4-10-24(16-23)34-35(31,32)33)21-11-12-25(28-18-20-8-5-13-27-17-20)22(15-21)14-19-6-2-1-3-7-19/h4-5,8-13,15-17,19,28H,1-3,6-7,14,18H2,(H,29,30)(H2,31,32,33). The van der Waals surface area contributed by atoms with E-state index in [-0.39, 0.29) is 11.7 Å². The van der Waals surface area contributed by atoms with Crippen molar-refractivity contribution in [2.24, 2.45) is 5.92 Å². The fraction of sp³-hybridized carbons (Fsp3) is 0.308. The summed E-state index contributed by atoms with van der Waals surface area (Å²) in [6.45, 7) is 0.642. The van der Waals surface area contributed by atoms with Gasteiger partial charge in [0.15, 0.2) is 0 Å². The highest BCUT2D eigenvalue weighted by Crippen LogP contribution is 2.38. The van der Waals surface area contributed by atoms with Crippen LogP contribution in [0.5, 0.6) is 5.75 Å². The zero-order chi connectivity index (χ0) is 24.7. The van der Waals surface area contributed by atoms with Crippen LogP contribution in [0.1, 0.15) is 53.6 Å². The minimum absolute atomic E-state index is 0.0240. The number of carbonyl (C=O) groups excluding carboxylic acids is 1. The van der Waals surface area contributed by atoms with Gasteiger partial charge in [-0.15, -0.1) is 0 Å². The van der Waals surface area contributed by atoms with Crippen LogP contribution >= 0.6 is 7.82 Å². The Morgan fingerprint density at radius 2 is 1.89 bits per heavy atom. The third-order valence-corrected chi connectivity index (χ3v) is 6.57. The summed E-state index contributed by atoms with van der Waals surface area (Å²) >= 11 is 0. The second-order valence-electron chi connectivity index (χ2n) is 8.86. The number of amides is 1. The van der Waals surface area contributed by atoms with E-state index >= 15 is 0 Å². The molecule has 1 aliphatic rings. The van der Waals surface area contributed by atoms with E-state index in [0.29, 0.717) is 23.7 Å². The molecule has 35 heavy (non-hydrogen) atoms. The Kier molecular flexibility index (Phi) is 8.18. The number of nitrogens with zero attached hydrogens (tertiary/aromatic N) is 1. The molecule has 1 amide bonds. The molecular weight excluding hydrogens is 465 g/mol. The molecule has 0 spiro atoms. The number of phosphoric ester groups is 1. The highest BCUT2D eigenvalue weighted by atomic mass is 31.2. The third kappa shape index (κ3) is 7.65. The molecule has 0 radical (unpaired) electrons. The van der Waals surface area contributed by atoms with Crippen LogP contribution in [0.4, 0.5) is 11.4 Å². The summed E-state index contributed by atoms with van der Waals surface area (Å²) in [4.78, 5) is 35.2. The van der Waals surface area contributed by atoms with Gasteiger partial charge < -0.3 is 15.2 Å². The minimum Gasteiger partial charge on any atom is -0.404 e. The smallest absolute Gasteiger partial charge is 0.404 e. The zero-order valence-electron chi connectivity index (χ0n) is 19.4. The van der Waals surface area contributed by atoms with Crippen molar-refractivity contribution in [2.45, 2.75) is 45.1 Å². The number of pyridine rings is 1. The van der Waals surface area contributed by atoms with E-state index in [9.17, 15) is 9.36 Å². The SMILES string of the molecule is O=C(Nc1cccc(OP(=O)(O)O)c1)c1ccc(NCc2cccnc2)c(CC2CCCCC2)c1. The molecule has 8 nitrogen and oxygen atoms in total. The lowest BCUT2D eigenvalue weighted by Crippen LogP contribution is -2.15. The van der Waals surface area contributed by atoms with Gasteiger partial charge in [-0.2, -0.15) is 0 Å². The molecule has 0 bridgehead atoms. The fourth-order valence-electron chi connectivity index (χ4n) is 4.45. The summed E-state index contributed by atoms with van der Waals surface area (Å²) in [6, 6.07) is 15.6. The molecule has 184 valence electrons. The monoisotopic (exact) mass is 495 g/mol. The van der Waals surface area contributed by atoms with Gasteiger partial charge in [0.05, 0.1) is 0 Å². The maximum atomic E-state index is 13.0. The Labute approximate surface area is 205 Å². The number of anilines is 2. The Morgan fingerprint density at radius 3 is 2.63 bits per heavy atom. The van der Waals surface area contributed by atoms with Gasteiger partial charge in [-0.25, -0.2) is 4.57 Å². The molecule has 1 aromatic heterocycles. The molecule has 1 saturated carbocycles. The Balaban J connectivity index is 1.51. The van der Waals surface area contributed by atoms with Crippen LogP contribution in [-0.4, -0.2) is 20.7 Å². The van der Waals surface area contributed by atoms with Crippen LogP contribution in [0, 0.1) is 5.92 Å². The maximum Gasteiger partial charge on any atom is 0.524 e. The summed E-state index contributed by atoms with van der Waals surface area (Å²) in [5.41, 5.74) is 4.09. The molecule has 1 heterocycles. The van der Waals surface area contributed by atoms with Crippen molar-refractivity contribution in [1.82, 2.24) is 4.98 Å². The van der Waals surface area contributed by atoms with E-state index in [1.54, 1.807) is 24.4 Å². The number of nitrogens with one attached hydrogen (secondary N) is 2. The van der Waals surface area contributed by atoms with E-state index in [0.717, 1.165) is 23.2 Å². The number of hydrogen-bond acceptors (Lipinski definition) is 5. The van der Waals surface area contributed by atoms with E-state index in [2.05, 4.69) is 20.1 Å². The van der Waals surface area contributed by atoms with E-state index in [1.165, 1.54) is 44.2 Å². The predicted octanol–water partition coefficient (Wildman–Crippen LogP) is 5.54. The summed E-state index contributed by atoms with van der Waals surface area (Å²) in [5, 5.41) is 6.29. The molecule has 9 heteroatoms. The first-order valence-electron chi connectivity index (χ1n) is 11.8. The summed E-state index contributed by atoms with van der Waals surface area (Å²) in [6.07, 6.45) is 10.7. The van der Waals surface area contributed by atoms with E-state index in [1.807, 2.05) is 30.5 Å². The van der Waals surface area contributed by atoms with E-state index in [4.69, 9.17) is 9.79 Å². The number of rotatable bonds is 9. The van der Waals surface area contributed by atoms with Crippen molar-refractivity contribution in [3.63, 3.8) is 0 Å². The van der Waals surface area contributed by atoms with Crippen LogP contribution in [0.25, 0.3) is 0 Å². The lowest BCUT2D eigenvalue weighted by Gasteiger charge is -2.23. The van der Waals surface area contributed by atoms with Gasteiger partial charge in [-0.3, -0.25) is 19.6 Å². The van der Waals surface area contributed by atoms with Gasteiger partial charge in [0.2, 0.25) is 0 Å². The lowest BCUT2D eigenvalue weighted by atomic mass is 9.84. The van der Waals surface area contributed by atoms with Gasteiger partial charge in [0.1, 0.15) is 5.75 Å². The number of phosphoric acid groups is 1. The van der Waals surface area contributed by atoms with Crippen molar-refractivity contribution < 1.29 is 23.7 Å². The molecule has 4 N–H and O–H groups in total. The molecule has 1 fully saturated rings. The number of benzene rings is 2. The first-order chi connectivity index (χ1) is 16.9. The first kappa shape index (κ1) is 24.9. The Morgan fingerprint density at radius 1 is 1.06 bits per heavy atom. The van der Waals surface area contributed by atoms with Gasteiger partial charge in [0.25, 0.3) is 5.91 Å². The minimum atomic E-state index is -4.68. The molecule has 0 saturated heterocycles. The quantitative estimate of drug-likeness (QED) is 0.288. The molecule has 4 rings (SSSR count). The van der Waals surface area contributed by atoms with Crippen LogP contribution in [0.3, 0.4) is 0 Å². The largest absolute Gasteiger partial charge is 0.524 e. The molecule has 2 aromatic carbocycles. The van der Waals surface area contributed by atoms with Crippen LogP contribution in [0.15, 0.2) is 67.0 Å². The molecule has 0 aliphatic heterocycles. The van der Waals surface area contributed by atoms with E-state index < -0.39 is 7.82 Å². The second-order valence-corrected chi connectivity index (χ2v) is 10.0. The average Bonchev–Trinajstić information content (AvgIpc) is 2.83. The normalized spacial score (nSPS) is 14.3. The Bertz CT molecular complexity index is 1190. The molecule has 0 unspecified atom stereocenters. The summed E-state index contributed by atoms with van der Waals surface area (Å²) < 4.78 is 15.7. The average molecular weight is 496 g/mol. The molecule has 0 atom stereocenters. The number of hydrogen-bond donors (Lipinski definition) is 4. The highest BCUT2D eigenvalue weighted by Gasteiger charge is 2.19. The first-order valence-corrected chi connectivity index (χ1v) is 13.3. The van der Waals surface area contributed by atoms with Crippen LogP contribution in [0.2, 0.25) is 0 Å². The van der Waals surface area contributed by atoms with Crippen molar-refractivity contribution in [2.75, 3.05) is 10.6 Å². The number of carbonyl (C=O) groups is 1. The molecular formula is C26H30N3O5P. The Hall–Kier alpha value is -3.19. The molecule has 1 aliphatic carbocycles. The van der Waals surface area contributed by atoms with Gasteiger partial charge >= 0.3 is 7.82 Å². The van der Waals surface area contributed by atoms with Gasteiger partial charge in [-0.05, 0) is 59.9 Å². The zero-order valence-corrected chi connectivity index (χ0v) is 20.3. The number of aromatic nitrogens is 1. The topological polar surface area (TPSA) is 121 Å². The fourth-order valence-corrected chi connectivity index (χ4v) is 4.84. The molecule has 3 aromatic rings. The van der Waals surface area contributed by atoms with Crippen molar-refractivity contribution in [3.05, 3.63) is 83.7 Å². The predicted molar refractivity (Wildman–Crippen MR) is 135 cm³/mol. The second kappa shape index (κ2) is 11.5.